The second-order valence-corrected chi connectivity index (χ2v) is 9.55. The van der Waals surface area contributed by atoms with E-state index in [1.807, 2.05) is 36.4 Å². The zero-order valence-corrected chi connectivity index (χ0v) is 20.5. The largest absolute Gasteiger partial charge is 0.370 e. The Morgan fingerprint density at radius 1 is 0.886 bits per heavy atom. The predicted octanol–water partition coefficient (Wildman–Crippen LogP) is 5.35. The van der Waals surface area contributed by atoms with Crippen LogP contribution >= 0.6 is 0 Å². The van der Waals surface area contributed by atoms with Crippen molar-refractivity contribution in [3.05, 3.63) is 102 Å². The van der Waals surface area contributed by atoms with E-state index < -0.39 is 0 Å². The Kier molecular flexibility index (Phi) is 7.16. The molecule has 35 heavy (non-hydrogen) atoms. The van der Waals surface area contributed by atoms with Crippen LogP contribution in [0.4, 0.5) is 5.69 Å². The molecule has 1 atom stereocenters. The summed E-state index contributed by atoms with van der Waals surface area (Å²) in [5.41, 5.74) is 3.96. The van der Waals surface area contributed by atoms with Crippen LogP contribution in [0.5, 0.6) is 0 Å². The van der Waals surface area contributed by atoms with E-state index in [9.17, 15) is 4.79 Å². The molecule has 1 amide bonds. The average molecular weight is 470 g/mol. The molecule has 0 radical (unpaired) electrons. The van der Waals surface area contributed by atoms with Gasteiger partial charge in [0.05, 0.1) is 16.9 Å². The van der Waals surface area contributed by atoms with Gasteiger partial charge in [0, 0.05) is 32.8 Å². The van der Waals surface area contributed by atoms with Gasteiger partial charge >= 0.3 is 0 Å². The number of para-hydroxylation sites is 1. The highest BCUT2D eigenvalue weighted by molar-refractivity contribution is 6.02. The number of ether oxygens (including phenoxy) is 1. The van der Waals surface area contributed by atoms with E-state index in [-0.39, 0.29) is 17.7 Å². The Labute approximate surface area is 208 Å². The van der Waals surface area contributed by atoms with E-state index in [1.165, 1.54) is 5.56 Å². The highest BCUT2D eigenvalue weighted by Gasteiger charge is 2.38. The minimum absolute atomic E-state index is 0.00982. The van der Waals surface area contributed by atoms with E-state index in [0.29, 0.717) is 0 Å². The molecule has 182 valence electrons. The number of rotatable bonds is 8. The van der Waals surface area contributed by atoms with Gasteiger partial charge in [-0.1, -0.05) is 79.7 Å². The monoisotopic (exact) mass is 469 g/mol. The maximum absolute atomic E-state index is 12.9. The van der Waals surface area contributed by atoms with Gasteiger partial charge in [0.25, 0.3) is 5.91 Å². The smallest absolute Gasteiger partial charge is 0.255 e. The molecule has 5 heteroatoms. The van der Waals surface area contributed by atoms with Gasteiger partial charge < -0.3 is 19.9 Å². The molecule has 2 heterocycles. The molecule has 1 fully saturated rings. The number of hydrogen-bond acceptors (Lipinski definition) is 4. The Morgan fingerprint density at radius 2 is 1.54 bits per heavy atom. The topological polar surface area (TPSA) is 44.8 Å². The van der Waals surface area contributed by atoms with Crippen molar-refractivity contribution in [2.24, 2.45) is 0 Å². The number of amides is 1. The van der Waals surface area contributed by atoms with Crippen LogP contribution < -0.4 is 10.2 Å². The number of benzene rings is 3. The number of piperidine rings is 1. The van der Waals surface area contributed by atoms with Gasteiger partial charge in [-0.2, -0.15) is 0 Å². The fourth-order valence-electron chi connectivity index (χ4n) is 5.43. The van der Waals surface area contributed by atoms with Crippen molar-refractivity contribution >= 4 is 11.6 Å². The van der Waals surface area contributed by atoms with Crippen molar-refractivity contribution in [1.29, 1.82) is 0 Å². The zero-order chi connectivity index (χ0) is 24.1. The molecule has 0 spiro atoms. The van der Waals surface area contributed by atoms with Crippen LogP contribution in [0.2, 0.25) is 0 Å². The summed E-state index contributed by atoms with van der Waals surface area (Å²) in [6, 6.07) is 28.9. The number of hydrogen-bond donors (Lipinski definition) is 1. The quantitative estimate of drug-likeness (QED) is 0.483. The minimum Gasteiger partial charge on any atom is -0.370 e. The molecule has 3 aromatic rings. The van der Waals surface area contributed by atoms with Gasteiger partial charge in [-0.05, 0) is 42.5 Å². The average Bonchev–Trinajstić information content (AvgIpc) is 2.93. The lowest BCUT2D eigenvalue weighted by atomic mass is 9.84. The third-order valence-corrected chi connectivity index (χ3v) is 7.36. The number of fused-ring (bicyclic) bond motifs is 1. The van der Waals surface area contributed by atoms with Gasteiger partial charge in [-0.15, -0.1) is 0 Å². The molecular weight excluding hydrogens is 434 g/mol. The van der Waals surface area contributed by atoms with Crippen LogP contribution in [0.1, 0.15) is 53.8 Å². The summed E-state index contributed by atoms with van der Waals surface area (Å²) >= 11 is 0. The van der Waals surface area contributed by atoms with E-state index in [2.05, 4.69) is 70.6 Å². The van der Waals surface area contributed by atoms with Crippen LogP contribution in [0.3, 0.4) is 0 Å². The summed E-state index contributed by atoms with van der Waals surface area (Å²) in [4.78, 5) is 17.7. The minimum atomic E-state index is -0.188. The van der Waals surface area contributed by atoms with Crippen molar-refractivity contribution in [3.8, 4) is 0 Å². The van der Waals surface area contributed by atoms with E-state index in [4.69, 9.17) is 4.74 Å². The molecule has 0 aliphatic carbocycles. The maximum Gasteiger partial charge on any atom is 0.255 e. The molecule has 5 nitrogen and oxygen atoms in total. The summed E-state index contributed by atoms with van der Waals surface area (Å²) in [6.07, 6.45) is 2.85. The molecule has 2 aliphatic rings. The molecule has 0 saturated carbocycles. The zero-order valence-electron chi connectivity index (χ0n) is 20.5. The fourth-order valence-corrected chi connectivity index (χ4v) is 5.43. The van der Waals surface area contributed by atoms with Crippen LogP contribution in [0, 0.1) is 0 Å². The lowest BCUT2D eigenvalue weighted by molar-refractivity contribution is -0.0894. The molecule has 1 saturated heterocycles. The number of anilines is 1. The van der Waals surface area contributed by atoms with E-state index >= 15 is 0 Å². The molecule has 5 rings (SSSR count). The molecular formula is C30H35N3O2. The lowest BCUT2D eigenvalue weighted by Crippen LogP contribution is -2.51. The second-order valence-electron chi connectivity index (χ2n) is 9.55. The van der Waals surface area contributed by atoms with Crippen LogP contribution in [-0.4, -0.2) is 43.6 Å². The molecule has 0 bridgehead atoms. The molecule has 0 aromatic heterocycles. The van der Waals surface area contributed by atoms with E-state index in [0.717, 1.165) is 68.9 Å². The molecule has 3 aromatic carbocycles. The van der Waals surface area contributed by atoms with Crippen LogP contribution in [-0.2, 0) is 10.3 Å². The Morgan fingerprint density at radius 3 is 2.26 bits per heavy atom. The molecule has 2 aliphatic heterocycles. The van der Waals surface area contributed by atoms with Gasteiger partial charge in [0.1, 0.15) is 6.17 Å². The first-order chi connectivity index (χ1) is 17.2. The number of likely N-dealkylation sites (tertiary alicyclic amines) is 1. The standard InChI is InChI=1S/C30H35N3O2/c1-2-23-35-30(25-13-7-4-8-14-25)17-19-32(20-18-30)21-22-33-27-16-10-9-15-26(27)29(34)31-28(33)24-11-5-3-6-12-24/h3-16,28H,2,17-23H2,1H3,(H,31,34). The van der Waals surface area contributed by atoms with Crippen molar-refractivity contribution in [1.82, 2.24) is 10.2 Å². The van der Waals surface area contributed by atoms with Gasteiger partial charge in [0.15, 0.2) is 0 Å². The third kappa shape index (κ3) is 4.97. The predicted molar refractivity (Wildman–Crippen MR) is 140 cm³/mol. The van der Waals surface area contributed by atoms with Crippen LogP contribution in [0.15, 0.2) is 84.9 Å². The summed E-state index contributed by atoms with van der Waals surface area (Å²) < 4.78 is 6.50. The number of nitrogens with one attached hydrogen (secondary N) is 1. The van der Waals surface area contributed by atoms with Crippen molar-refractivity contribution in [2.75, 3.05) is 37.7 Å². The first-order valence-electron chi connectivity index (χ1n) is 12.8. The van der Waals surface area contributed by atoms with Gasteiger partial charge in [0.2, 0.25) is 0 Å². The van der Waals surface area contributed by atoms with Gasteiger partial charge in [-0.3, -0.25) is 4.79 Å². The number of carbonyl (C=O) groups is 1. The summed E-state index contributed by atoms with van der Waals surface area (Å²) in [7, 11) is 0. The summed E-state index contributed by atoms with van der Waals surface area (Å²) in [5.74, 6) is -0.00982. The highest BCUT2D eigenvalue weighted by Crippen LogP contribution is 2.37. The Bertz CT molecular complexity index is 1110. The first-order valence-corrected chi connectivity index (χ1v) is 12.8. The van der Waals surface area contributed by atoms with Crippen molar-refractivity contribution in [2.45, 2.75) is 38.0 Å². The number of nitrogens with zero attached hydrogens (tertiary/aromatic N) is 2. The van der Waals surface area contributed by atoms with Crippen molar-refractivity contribution in [3.63, 3.8) is 0 Å². The maximum atomic E-state index is 12.9. The fraction of sp³-hybridized carbons (Fsp3) is 0.367. The molecule has 1 N–H and O–H groups in total. The SMILES string of the molecule is CCCOC1(c2ccccc2)CCN(CCN2c3ccccc3C(=O)NC2c2ccccc2)CC1. The Balaban J connectivity index is 1.31. The normalized spacial score (nSPS) is 19.7. The third-order valence-electron chi connectivity index (χ3n) is 7.36. The lowest BCUT2D eigenvalue weighted by Gasteiger charge is -2.44. The van der Waals surface area contributed by atoms with Crippen LogP contribution in [0.25, 0.3) is 0 Å². The van der Waals surface area contributed by atoms with E-state index in [1.54, 1.807) is 0 Å². The van der Waals surface area contributed by atoms with Crippen molar-refractivity contribution < 1.29 is 9.53 Å². The second kappa shape index (κ2) is 10.6. The Hall–Kier alpha value is -3.15. The highest BCUT2D eigenvalue weighted by atomic mass is 16.5. The number of carbonyl (C=O) groups excluding carboxylic acids is 1. The first kappa shape index (κ1) is 23.6. The summed E-state index contributed by atoms with van der Waals surface area (Å²) in [5, 5.41) is 3.23. The summed E-state index contributed by atoms with van der Waals surface area (Å²) in [6.45, 7) is 6.73. The molecule has 1 unspecified atom stereocenters. The van der Waals surface area contributed by atoms with Gasteiger partial charge in [-0.25, -0.2) is 0 Å².